The van der Waals surface area contributed by atoms with Gasteiger partial charge in [-0.2, -0.15) is 5.11 Å². The van der Waals surface area contributed by atoms with E-state index in [1.54, 1.807) is 12.1 Å². The van der Waals surface area contributed by atoms with Gasteiger partial charge in [0.2, 0.25) is 5.91 Å². The third-order valence-electron chi connectivity index (χ3n) is 5.23. The molecular formula is C21H20ClN5O4. The van der Waals surface area contributed by atoms with Crippen molar-refractivity contribution < 1.29 is 19.1 Å². The number of hydrogen-bond acceptors (Lipinski definition) is 7. The molecule has 1 saturated heterocycles. The van der Waals surface area contributed by atoms with E-state index < -0.39 is 23.9 Å². The summed E-state index contributed by atoms with van der Waals surface area (Å²) in [5, 5.41) is 12.2. The maximum atomic E-state index is 13.1. The molecule has 0 bridgehead atoms. The Balaban J connectivity index is 1.50. The van der Waals surface area contributed by atoms with Crippen LogP contribution in [0.15, 0.2) is 52.8 Å². The van der Waals surface area contributed by atoms with Crippen molar-refractivity contribution >= 4 is 40.7 Å². The third kappa shape index (κ3) is 3.72. The van der Waals surface area contributed by atoms with Crippen LogP contribution in [0.5, 0.6) is 5.75 Å². The quantitative estimate of drug-likeness (QED) is 0.694. The molecule has 3 amide bonds. The van der Waals surface area contributed by atoms with E-state index in [4.69, 9.17) is 16.3 Å². The van der Waals surface area contributed by atoms with Crippen molar-refractivity contribution in [1.82, 2.24) is 5.01 Å². The summed E-state index contributed by atoms with van der Waals surface area (Å²) in [5.74, 6) is -0.955. The number of carbonyl (C=O) groups is 3. The van der Waals surface area contributed by atoms with Crippen LogP contribution in [0.4, 0.5) is 11.4 Å². The molecule has 0 aliphatic carbocycles. The number of para-hydroxylation sites is 1. The first-order valence-corrected chi connectivity index (χ1v) is 10.1. The number of anilines is 2. The molecule has 10 heteroatoms. The predicted octanol–water partition coefficient (Wildman–Crippen LogP) is 2.84. The molecule has 0 aromatic heterocycles. The normalized spacial score (nSPS) is 19.7. The van der Waals surface area contributed by atoms with Crippen LogP contribution >= 0.6 is 11.6 Å². The van der Waals surface area contributed by atoms with Crippen LogP contribution in [0.1, 0.15) is 12.5 Å². The Bertz CT molecular complexity index is 1090. The minimum absolute atomic E-state index is 0.209. The fraction of sp³-hybridized carbons (Fsp3) is 0.286. The molecule has 2 aliphatic rings. The van der Waals surface area contributed by atoms with Crippen LogP contribution in [-0.2, 0) is 20.8 Å². The van der Waals surface area contributed by atoms with Gasteiger partial charge in [0.15, 0.2) is 12.1 Å². The number of fused-ring (bicyclic) bond motifs is 1. The molecule has 0 spiro atoms. The number of ether oxygens (including phenoxy) is 1. The second kappa shape index (κ2) is 8.35. The molecule has 1 N–H and O–H groups in total. The molecule has 0 saturated carbocycles. The van der Waals surface area contributed by atoms with Gasteiger partial charge in [0.25, 0.3) is 11.8 Å². The van der Waals surface area contributed by atoms with Crippen molar-refractivity contribution in [3.05, 3.63) is 53.1 Å². The fourth-order valence-electron chi connectivity index (χ4n) is 3.69. The molecule has 2 aromatic rings. The Morgan fingerprint density at radius 1 is 1.19 bits per heavy atom. The molecule has 1 fully saturated rings. The van der Waals surface area contributed by atoms with Gasteiger partial charge in [-0.05, 0) is 36.2 Å². The summed E-state index contributed by atoms with van der Waals surface area (Å²) in [6, 6.07) is 10.1. The number of rotatable bonds is 6. The van der Waals surface area contributed by atoms with E-state index in [2.05, 4.69) is 15.7 Å². The molecule has 9 nitrogen and oxygen atoms in total. The van der Waals surface area contributed by atoms with Gasteiger partial charge in [-0.1, -0.05) is 41.9 Å². The summed E-state index contributed by atoms with van der Waals surface area (Å²) >= 11 is 6.14. The Hall–Kier alpha value is -3.46. The zero-order valence-corrected chi connectivity index (χ0v) is 17.7. The Morgan fingerprint density at radius 2 is 1.97 bits per heavy atom. The summed E-state index contributed by atoms with van der Waals surface area (Å²) in [6.07, 6.45) is 0.761. The molecule has 2 atom stereocenters. The minimum atomic E-state index is -0.996. The zero-order valence-electron chi connectivity index (χ0n) is 16.9. The van der Waals surface area contributed by atoms with Crippen molar-refractivity contribution in [2.24, 2.45) is 10.3 Å². The summed E-state index contributed by atoms with van der Waals surface area (Å²) in [4.78, 5) is 39.5. The standard InChI is InChI=1S/C21H20ClN5O4/c1-3-12-6-4-5-7-15(12)23-17(28)11-26-19-18(24-25-26)20(29)27(21(19)30)13-8-9-16(31-2)14(22)10-13/h4-10,18-19H,3,11H2,1-2H3,(H,23,28)/t18-,19-/m0/s1. The van der Waals surface area contributed by atoms with Gasteiger partial charge < -0.3 is 10.1 Å². The highest BCUT2D eigenvalue weighted by atomic mass is 35.5. The third-order valence-corrected chi connectivity index (χ3v) is 5.52. The lowest BCUT2D eigenvalue weighted by Gasteiger charge is -2.20. The lowest BCUT2D eigenvalue weighted by atomic mass is 10.1. The van der Waals surface area contributed by atoms with E-state index >= 15 is 0 Å². The molecular weight excluding hydrogens is 422 g/mol. The number of amides is 3. The van der Waals surface area contributed by atoms with Gasteiger partial charge in [0, 0.05) is 5.69 Å². The van der Waals surface area contributed by atoms with E-state index in [-0.39, 0.29) is 17.5 Å². The smallest absolute Gasteiger partial charge is 0.263 e. The van der Waals surface area contributed by atoms with Crippen molar-refractivity contribution in [2.75, 3.05) is 23.9 Å². The topological polar surface area (TPSA) is 104 Å². The van der Waals surface area contributed by atoms with Crippen molar-refractivity contribution in [2.45, 2.75) is 25.4 Å². The van der Waals surface area contributed by atoms with Gasteiger partial charge in [-0.25, -0.2) is 4.90 Å². The molecule has 2 heterocycles. The first-order valence-electron chi connectivity index (χ1n) is 9.71. The lowest BCUT2D eigenvalue weighted by Crippen LogP contribution is -2.43. The average molecular weight is 442 g/mol. The van der Waals surface area contributed by atoms with Gasteiger partial charge in [-0.15, -0.1) is 0 Å². The van der Waals surface area contributed by atoms with Crippen LogP contribution in [0.3, 0.4) is 0 Å². The first-order chi connectivity index (χ1) is 14.9. The Morgan fingerprint density at radius 3 is 2.68 bits per heavy atom. The van der Waals surface area contributed by atoms with Crippen molar-refractivity contribution in [3.8, 4) is 5.75 Å². The number of nitrogens with zero attached hydrogens (tertiary/aromatic N) is 4. The zero-order chi connectivity index (χ0) is 22.1. The summed E-state index contributed by atoms with van der Waals surface area (Å²) < 4.78 is 5.11. The maximum Gasteiger partial charge on any atom is 0.263 e. The second-order valence-corrected chi connectivity index (χ2v) is 7.49. The molecule has 2 aromatic carbocycles. The number of aryl methyl sites for hydroxylation is 1. The van der Waals surface area contributed by atoms with Crippen LogP contribution in [0.25, 0.3) is 0 Å². The van der Waals surface area contributed by atoms with E-state index in [1.807, 2.05) is 31.2 Å². The molecule has 4 rings (SSSR count). The number of imide groups is 1. The molecule has 0 radical (unpaired) electrons. The van der Waals surface area contributed by atoms with Crippen LogP contribution < -0.4 is 15.0 Å². The van der Waals surface area contributed by atoms with Crippen molar-refractivity contribution in [3.63, 3.8) is 0 Å². The number of hydrogen-bond donors (Lipinski definition) is 1. The van der Waals surface area contributed by atoms with Crippen LogP contribution in [-0.4, -0.2) is 48.5 Å². The largest absolute Gasteiger partial charge is 0.495 e. The number of methoxy groups -OCH3 is 1. The Labute approximate surface area is 183 Å². The summed E-state index contributed by atoms with van der Waals surface area (Å²) in [6.45, 7) is 1.78. The fourth-order valence-corrected chi connectivity index (χ4v) is 3.94. The summed E-state index contributed by atoms with van der Waals surface area (Å²) in [5.41, 5.74) is 2.00. The van der Waals surface area contributed by atoms with Gasteiger partial charge >= 0.3 is 0 Å². The van der Waals surface area contributed by atoms with E-state index in [1.165, 1.54) is 18.2 Å². The van der Waals surface area contributed by atoms with Crippen LogP contribution in [0, 0.1) is 0 Å². The van der Waals surface area contributed by atoms with E-state index in [9.17, 15) is 14.4 Å². The van der Waals surface area contributed by atoms with Gasteiger partial charge in [0.05, 0.1) is 17.8 Å². The predicted molar refractivity (Wildman–Crippen MR) is 114 cm³/mol. The van der Waals surface area contributed by atoms with Gasteiger partial charge in [0.1, 0.15) is 12.3 Å². The van der Waals surface area contributed by atoms with Crippen molar-refractivity contribution in [1.29, 1.82) is 0 Å². The van der Waals surface area contributed by atoms with E-state index in [0.29, 0.717) is 17.1 Å². The maximum absolute atomic E-state index is 13.1. The monoisotopic (exact) mass is 441 g/mol. The molecule has 2 aliphatic heterocycles. The van der Waals surface area contributed by atoms with Crippen LogP contribution in [0.2, 0.25) is 5.02 Å². The molecule has 160 valence electrons. The average Bonchev–Trinajstić information content (AvgIpc) is 3.27. The number of nitrogens with one attached hydrogen (secondary N) is 1. The van der Waals surface area contributed by atoms with E-state index in [0.717, 1.165) is 16.9 Å². The highest BCUT2D eigenvalue weighted by Gasteiger charge is 2.55. The number of benzene rings is 2. The molecule has 31 heavy (non-hydrogen) atoms. The number of carbonyl (C=O) groups excluding carboxylic acids is 3. The number of halogens is 1. The highest BCUT2D eigenvalue weighted by Crippen LogP contribution is 2.35. The highest BCUT2D eigenvalue weighted by molar-refractivity contribution is 6.33. The van der Waals surface area contributed by atoms with Gasteiger partial charge in [-0.3, -0.25) is 19.4 Å². The molecule has 0 unspecified atom stereocenters. The first kappa shape index (κ1) is 20.8. The second-order valence-electron chi connectivity index (χ2n) is 7.08. The lowest BCUT2D eigenvalue weighted by molar-refractivity contribution is -0.123. The minimum Gasteiger partial charge on any atom is -0.495 e. The SMILES string of the molecule is CCc1ccccc1NC(=O)CN1N=N[C@@H]2C(=O)N(c3ccc(OC)c(Cl)c3)C(=O)[C@H]21. The Kier molecular flexibility index (Phi) is 5.60. The summed E-state index contributed by atoms with van der Waals surface area (Å²) in [7, 11) is 1.47.